The highest BCUT2D eigenvalue weighted by Crippen LogP contribution is 2.15. The molecule has 23 heavy (non-hydrogen) atoms. The van der Waals surface area contributed by atoms with Gasteiger partial charge in [-0.15, -0.1) is 0 Å². The Kier molecular flexibility index (Phi) is 6.17. The first-order valence-corrected chi connectivity index (χ1v) is 9.33. The molecule has 0 bridgehead atoms. The molecule has 8 heteroatoms. The lowest BCUT2D eigenvalue weighted by atomic mass is 10.2. The van der Waals surface area contributed by atoms with Gasteiger partial charge in [0.2, 0.25) is 10.0 Å². The van der Waals surface area contributed by atoms with Crippen molar-refractivity contribution < 1.29 is 13.2 Å². The number of carbonyl (C=O) groups is 1. The van der Waals surface area contributed by atoms with Crippen molar-refractivity contribution in [3.8, 4) is 0 Å². The number of amides is 1. The molecule has 0 saturated carbocycles. The van der Waals surface area contributed by atoms with Crippen molar-refractivity contribution >= 4 is 43.5 Å². The van der Waals surface area contributed by atoms with Crippen LogP contribution in [-0.4, -0.2) is 27.4 Å². The molecule has 122 valence electrons. The lowest BCUT2D eigenvalue weighted by Crippen LogP contribution is -2.34. The van der Waals surface area contributed by atoms with Crippen LogP contribution in [0, 0.1) is 0 Å². The van der Waals surface area contributed by atoms with E-state index in [-0.39, 0.29) is 23.9 Å². The summed E-state index contributed by atoms with van der Waals surface area (Å²) in [4.78, 5) is 12.0. The summed E-state index contributed by atoms with van der Waals surface area (Å²) in [7, 11) is -3.64. The molecule has 0 spiro atoms. The van der Waals surface area contributed by atoms with E-state index in [1.54, 1.807) is 36.4 Å². The van der Waals surface area contributed by atoms with E-state index in [2.05, 4.69) is 26.0 Å². The zero-order chi connectivity index (χ0) is 16.9. The third-order valence-corrected chi connectivity index (χ3v) is 5.14. The zero-order valence-electron chi connectivity index (χ0n) is 11.9. The SMILES string of the molecule is O=C(NCCNS(=O)(=O)c1cccc(Cl)c1)c1ccc(Br)cc1. The van der Waals surface area contributed by atoms with Gasteiger partial charge in [0, 0.05) is 28.1 Å². The Balaban J connectivity index is 1.85. The first-order chi connectivity index (χ1) is 10.9. The Labute approximate surface area is 148 Å². The van der Waals surface area contributed by atoms with E-state index in [0.717, 1.165) is 4.47 Å². The highest BCUT2D eigenvalue weighted by molar-refractivity contribution is 9.10. The molecule has 0 heterocycles. The summed E-state index contributed by atoms with van der Waals surface area (Å²) in [5, 5.41) is 2.99. The molecule has 0 aliphatic rings. The van der Waals surface area contributed by atoms with Gasteiger partial charge >= 0.3 is 0 Å². The maximum absolute atomic E-state index is 12.0. The maximum Gasteiger partial charge on any atom is 0.251 e. The fraction of sp³-hybridized carbons (Fsp3) is 0.133. The summed E-state index contributed by atoms with van der Waals surface area (Å²) in [6, 6.07) is 12.8. The van der Waals surface area contributed by atoms with Crippen molar-refractivity contribution in [1.29, 1.82) is 0 Å². The van der Waals surface area contributed by atoms with Gasteiger partial charge in [-0.3, -0.25) is 4.79 Å². The molecule has 0 atom stereocenters. The molecular weight excluding hydrogens is 404 g/mol. The number of benzene rings is 2. The molecule has 0 fully saturated rings. The van der Waals surface area contributed by atoms with E-state index < -0.39 is 10.0 Å². The molecule has 0 unspecified atom stereocenters. The van der Waals surface area contributed by atoms with Gasteiger partial charge in [0.25, 0.3) is 5.91 Å². The fourth-order valence-corrected chi connectivity index (χ4v) is 3.38. The highest BCUT2D eigenvalue weighted by Gasteiger charge is 2.13. The minimum Gasteiger partial charge on any atom is -0.351 e. The predicted molar refractivity (Wildman–Crippen MR) is 93.1 cm³/mol. The number of sulfonamides is 1. The maximum atomic E-state index is 12.0. The van der Waals surface area contributed by atoms with E-state index in [4.69, 9.17) is 11.6 Å². The topological polar surface area (TPSA) is 75.3 Å². The van der Waals surface area contributed by atoms with Crippen LogP contribution in [0.4, 0.5) is 0 Å². The van der Waals surface area contributed by atoms with Crippen LogP contribution in [0.3, 0.4) is 0 Å². The lowest BCUT2D eigenvalue weighted by molar-refractivity contribution is 0.0954. The number of halogens is 2. The zero-order valence-corrected chi connectivity index (χ0v) is 15.1. The molecule has 0 aromatic heterocycles. The fourth-order valence-electron chi connectivity index (χ4n) is 1.78. The number of hydrogen-bond acceptors (Lipinski definition) is 3. The van der Waals surface area contributed by atoms with E-state index >= 15 is 0 Å². The third-order valence-electron chi connectivity index (χ3n) is 2.92. The van der Waals surface area contributed by atoms with Crippen molar-refractivity contribution in [1.82, 2.24) is 10.0 Å². The van der Waals surface area contributed by atoms with Crippen molar-refractivity contribution in [2.24, 2.45) is 0 Å². The number of nitrogens with one attached hydrogen (secondary N) is 2. The average molecular weight is 418 g/mol. The minimum atomic E-state index is -3.64. The smallest absolute Gasteiger partial charge is 0.251 e. The molecular formula is C15H14BrClN2O3S. The summed E-state index contributed by atoms with van der Waals surface area (Å²) >= 11 is 9.07. The van der Waals surface area contributed by atoms with Gasteiger partial charge in [0.15, 0.2) is 0 Å². The molecule has 0 radical (unpaired) electrons. The number of rotatable bonds is 6. The Morgan fingerprint density at radius 1 is 1.09 bits per heavy atom. The first-order valence-electron chi connectivity index (χ1n) is 6.67. The lowest BCUT2D eigenvalue weighted by Gasteiger charge is -2.08. The quantitative estimate of drug-likeness (QED) is 0.710. The van der Waals surface area contributed by atoms with Gasteiger partial charge < -0.3 is 5.32 Å². The molecule has 0 aliphatic carbocycles. The molecule has 2 aromatic carbocycles. The van der Waals surface area contributed by atoms with Crippen LogP contribution in [-0.2, 0) is 10.0 Å². The molecule has 2 N–H and O–H groups in total. The second-order valence-electron chi connectivity index (χ2n) is 4.62. The summed E-state index contributed by atoms with van der Waals surface area (Å²) in [6.45, 7) is 0.256. The van der Waals surface area contributed by atoms with Crippen molar-refractivity contribution in [3.63, 3.8) is 0 Å². The monoisotopic (exact) mass is 416 g/mol. The van der Waals surface area contributed by atoms with Crippen molar-refractivity contribution in [3.05, 3.63) is 63.6 Å². The Hall–Kier alpha value is -1.41. The van der Waals surface area contributed by atoms with Crippen LogP contribution in [0.25, 0.3) is 0 Å². The van der Waals surface area contributed by atoms with Crippen LogP contribution >= 0.6 is 27.5 Å². The molecule has 0 aliphatic heterocycles. The summed E-state index contributed by atoms with van der Waals surface area (Å²) < 4.78 is 27.4. The van der Waals surface area contributed by atoms with Crippen molar-refractivity contribution in [2.45, 2.75) is 4.90 Å². The molecule has 5 nitrogen and oxygen atoms in total. The van der Waals surface area contributed by atoms with Gasteiger partial charge in [-0.2, -0.15) is 0 Å². The largest absolute Gasteiger partial charge is 0.351 e. The van der Waals surface area contributed by atoms with Gasteiger partial charge in [-0.1, -0.05) is 33.6 Å². The van der Waals surface area contributed by atoms with Gasteiger partial charge in [0.05, 0.1) is 4.90 Å². The average Bonchev–Trinajstić information content (AvgIpc) is 2.52. The van der Waals surface area contributed by atoms with Crippen LogP contribution in [0.1, 0.15) is 10.4 Å². The van der Waals surface area contributed by atoms with E-state index in [1.165, 1.54) is 12.1 Å². The van der Waals surface area contributed by atoms with E-state index in [1.807, 2.05) is 0 Å². The number of hydrogen-bond donors (Lipinski definition) is 2. The third kappa shape index (κ3) is 5.31. The molecule has 2 aromatic rings. The van der Waals surface area contributed by atoms with Crippen LogP contribution in [0.15, 0.2) is 57.9 Å². The second kappa shape index (κ2) is 7.92. The molecule has 0 saturated heterocycles. The Morgan fingerprint density at radius 2 is 1.78 bits per heavy atom. The standard InChI is InChI=1S/C15H14BrClN2O3S/c16-12-6-4-11(5-7-12)15(20)18-8-9-19-23(21,22)14-3-1-2-13(17)10-14/h1-7,10,19H,8-9H2,(H,18,20). The highest BCUT2D eigenvalue weighted by atomic mass is 79.9. The molecule has 2 rings (SSSR count). The normalized spacial score (nSPS) is 11.2. The van der Waals surface area contributed by atoms with Gasteiger partial charge in [-0.05, 0) is 42.5 Å². The van der Waals surface area contributed by atoms with Crippen LogP contribution in [0.5, 0.6) is 0 Å². The van der Waals surface area contributed by atoms with Crippen LogP contribution in [0.2, 0.25) is 5.02 Å². The first kappa shape index (κ1) is 17.9. The van der Waals surface area contributed by atoms with Crippen LogP contribution < -0.4 is 10.0 Å². The van der Waals surface area contributed by atoms with Gasteiger partial charge in [0.1, 0.15) is 0 Å². The number of carbonyl (C=O) groups excluding carboxylic acids is 1. The Morgan fingerprint density at radius 3 is 2.43 bits per heavy atom. The molecule has 1 amide bonds. The van der Waals surface area contributed by atoms with Gasteiger partial charge in [-0.25, -0.2) is 13.1 Å². The summed E-state index contributed by atoms with van der Waals surface area (Å²) in [5.74, 6) is -0.264. The summed E-state index contributed by atoms with van der Waals surface area (Å²) in [6.07, 6.45) is 0. The van der Waals surface area contributed by atoms with Crippen molar-refractivity contribution in [2.75, 3.05) is 13.1 Å². The second-order valence-corrected chi connectivity index (χ2v) is 7.74. The van der Waals surface area contributed by atoms with E-state index in [9.17, 15) is 13.2 Å². The minimum absolute atomic E-state index is 0.0805. The summed E-state index contributed by atoms with van der Waals surface area (Å²) in [5.41, 5.74) is 0.505. The van der Waals surface area contributed by atoms with E-state index in [0.29, 0.717) is 10.6 Å². The predicted octanol–water partition coefficient (Wildman–Crippen LogP) is 2.81. The Bertz CT molecular complexity index is 795.